The fraction of sp³-hybridized carbons (Fsp3) is 0.464. The van der Waals surface area contributed by atoms with Crippen molar-refractivity contribution in [3.63, 3.8) is 0 Å². The van der Waals surface area contributed by atoms with Crippen LogP contribution in [0.25, 0.3) is 0 Å². The average molecular weight is 494 g/mol. The van der Waals surface area contributed by atoms with E-state index in [4.69, 9.17) is 14.9 Å². The van der Waals surface area contributed by atoms with Gasteiger partial charge in [-0.3, -0.25) is 4.79 Å². The average Bonchev–Trinajstić information content (AvgIpc) is 3.35. The first-order valence-electron chi connectivity index (χ1n) is 12.7. The zero-order chi connectivity index (χ0) is 25.6. The van der Waals surface area contributed by atoms with Gasteiger partial charge in [0.25, 0.3) is 11.8 Å². The minimum absolute atomic E-state index is 0.0543. The molecule has 8 heteroatoms. The van der Waals surface area contributed by atoms with E-state index in [0.717, 1.165) is 44.2 Å². The molecule has 1 heterocycles. The van der Waals surface area contributed by atoms with Crippen LogP contribution in [0, 0.1) is 5.92 Å². The summed E-state index contributed by atoms with van der Waals surface area (Å²) in [5, 5.41) is 20.6. The number of amides is 1. The van der Waals surface area contributed by atoms with Crippen LogP contribution in [0.2, 0.25) is 0 Å². The lowest BCUT2D eigenvalue weighted by Gasteiger charge is -2.36. The van der Waals surface area contributed by atoms with Crippen LogP contribution in [0.3, 0.4) is 0 Å². The standard InChI is InChI=1S/C28H36N4O4/c1-32(2,18-9-19-35-24-16-14-21(15-17-24)26(29)33)20-25-30-31-27(36-25)28(34,22-10-5-3-6-11-22)23-12-7-4-8-13-23/h3,5-6,10-11,14-17,23,34H,4,7-9,12-13,18-20H2,1-2H3,(H-,29,33)/p+1. The van der Waals surface area contributed by atoms with Crippen molar-refractivity contribution in [1.82, 2.24) is 10.2 Å². The smallest absolute Gasteiger partial charge is 0.271 e. The number of nitrogens with zero attached hydrogens (tertiary/aromatic N) is 3. The predicted octanol–water partition coefficient (Wildman–Crippen LogP) is 4.03. The summed E-state index contributed by atoms with van der Waals surface area (Å²) in [6.07, 6.45) is 6.10. The van der Waals surface area contributed by atoms with Gasteiger partial charge < -0.3 is 24.5 Å². The maximum Gasteiger partial charge on any atom is 0.271 e. The second-order valence-corrected chi connectivity index (χ2v) is 10.4. The van der Waals surface area contributed by atoms with E-state index >= 15 is 0 Å². The van der Waals surface area contributed by atoms with Crippen molar-refractivity contribution in [3.05, 3.63) is 77.5 Å². The van der Waals surface area contributed by atoms with Crippen molar-refractivity contribution >= 4 is 5.91 Å². The molecule has 1 aliphatic carbocycles. The lowest BCUT2D eigenvalue weighted by atomic mass is 9.73. The van der Waals surface area contributed by atoms with Crippen LogP contribution in [0.15, 0.2) is 59.0 Å². The van der Waals surface area contributed by atoms with Gasteiger partial charge in [0.1, 0.15) is 5.75 Å². The minimum atomic E-state index is -1.28. The van der Waals surface area contributed by atoms with Gasteiger partial charge in [-0.15, -0.1) is 10.2 Å². The number of ether oxygens (including phenoxy) is 1. The highest BCUT2D eigenvalue weighted by Gasteiger charge is 2.45. The molecule has 1 unspecified atom stereocenters. The molecule has 1 aliphatic rings. The number of nitrogens with two attached hydrogens (primary N) is 1. The maximum atomic E-state index is 12.0. The number of carbonyl (C=O) groups excluding carboxylic acids is 1. The normalized spacial score (nSPS) is 16.4. The lowest BCUT2D eigenvalue weighted by molar-refractivity contribution is -0.905. The van der Waals surface area contributed by atoms with E-state index in [2.05, 4.69) is 24.3 Å². The first-order valence-corrected chi connectivity index (χ1v) is 12.7. The van der Waals surface area contributed by atoms with Gasteiger partial charge in [-0.2, -0.15) is 0 Å². The first-order chi connectivity index (χ1) is 17.3. The van der Waals surface area contributed by atoms with Gasteiger partial charge in [-0.25, -0.2) is 0 Å². The van der Waals surface area contributed by atoms with Gasteiger partial charge in [0.15, 0.2) is 12.1 Å². The first kappa shape index (κ1) is 25.9. The summed E-state index contributed by atoms with van der Waals surface area (Å²) >= 11 is 0. The molecular formula is C28H37N4O4+. The van der Waals surface area contributed by atoms with E-state index in [-0.39, 0.29) is 5.92 Å². The van der Waals surface area contributed by atoms with Crippen LogP contribution in [0.5, 0.6) is 5.75 Å². The summed E-state index contributed by atoms with van der Waals surface area (Å²) in [5.74, 6) is 1.11. The molecule has 0 spiro atoms. The molecule has 1 amide bonds. The van der Waals surface area contributed by atoms with E-state index in [1.807, 2.05) is 30.3 Å². The molecule has 3 aromatic rings. The molecule has 2 aromatic carbocycles. The summed E-state index contributed by atoms with van der Waals surface area (Å²) in [6.45, 7) is 1.93. The molecule has 192 valence electrons. The Hall–Kier alpha value is -3.23. The zero-order valence-electron chi connectivity index (χ0n) is 21.2. The number of benzene rings is 2. The van der Waals surface area contributed by atoms with Gasteiger partial charge in [0.05, 0.1) is 27.2 Å². The van der Waals surface area contributed by atoms with Crippen molar-refractivity contribution in [1.29, 1.82) is 0 Å². The molecule has 1 atom stereocenters. The molecule has 8 nitrogen and oxygen atoms in total. The molecule has 1 saturated carbocycles. The van der Waals surface area contributed by atoms with E-state index in [9.17, 15) is 9.90 Å². The number of hydrogen-bond acceptors (Lipinski definition) is 6. The molecule has 1 aromatic heterocycles. The Morgan fingerprint density at radius 3 is 2.44 bits per heavy atom. The molecule has 0 bridgehead atoms. The van der Waals surface area contributed by atoms with Crippen LogP contribution in [-0.2, 0) is 12.1 Å². The van der Waals surface area contributed by atoms with Gasteiger partial charge >= 0.3 is 0 Å². The molecule has 0 saturated heterocycles. The Balaban J connectivity index is 1.37. The molecule has 36 heavy (non-hydrogen) atoms. The van der Waals surface area contributed by atoms with Crippen LogP contribution >= 0.6 is 0 Å². The van der Waals surface area contributed by atoms with Crippen LogP contribution in [0.4, 0.5) is 0 Å². The number of quaternary nitrogens is 1. The van der Waals surface area contributed by atoms with Gasteiger partial charge in [0, 0.05) is 17.9 Å². The summed E-state index contributed by atoms with van der Waals surface area (Å²) < 4.78 is 12.6. The molecule has 0 radical (unpaired) electrons. The topological polar surface area (TPSA) is 111 Å². The van der Waals surface area contributed by atoms with Crippen molar-refractivity contribution < 1.29 is 23.5 Å². The number of primary amides is 1. The van der Waals surface area contributed by atoms with E-state index < -0.39 is 11.5 Å². The second-order valence-electron chi connectivity index (χ2n) is 10.4. The molecule has 0 aliphatic heterocycles. The van der Waals surface area contributed by atoms with Crippen molar-refractivity contribution in [3.8, 4) is 5.75 Å². The third-order valence-corrected chi connectivity index (χ3v) is 7.08. The third kappa shape index (κ3) is 6.12. The van der Waals surface area contributed by atoms with Crippen LogP contribution in [0.1, 0.15) is 66.2 Å². The highest BCUT2D eigenvalue weighted by atomic mass is 16.5. The lowest BCUT2D eigenvalue weighted by Crippen LogP contribution is -2.40. The summed E-state index contributed by atoms with van der Waals surface area (Å²) in [5.41, 5.74) is 5.27. The largest absolute Gasteiger partial charge is 0.493 e. The number of hydrogen-bond donors (Lipinski definition) is 2. The number of aliphatic hydroxyl groups is 1. The molecular weight excluding hydrogens is 456 g/mol. The fourth-order valence-electron chi connectivity index (χ4n) is 5.06. The predicted molar refractivity (Wildman–Crippen MR) is 136 cm³/mol. The quantitative estimate of drug-likeness (QED) is 0.308. The van der Waals surface area contributed by atoms with Crippen molar-refractivity contribution in [2.45, 2.75) is 50.7 Å². The summed E-state index contributed by atoms with van der Waals surface area (Å²) in [7, 11) is 4.21. The summed E-state index contributed by atoms with van der Waals surface area (Å²) in [4.78, 5) is 11.2. The Bertz CT molecular complexity index is 1120. The Labute approximate surface area is 212 Å². The van der Waals surface area contributed by atoms with Gasteiger partial charge in [-0.05, 0) is 42.7 Å². The summed E-state index contributed by atoms with van der Waals surface area (Å²) in [6, 6.07) is 16.5. The minimum Gasteiger partial charge on any atom is -0.493 e. The Morgan fingerprint density at radius 2 is 1.78 bits per heavy atom. The Kier molecular flexibility index (Phi) is 8.06. The van der Waals surface area contributed by atoms with Crippen molar-refractivity contribution in [2.24, 2.45) is 11.7 Å². The zero-order valence-corrected chi connectivity index (χ0v) is 21.2. The monoisotopic (exact) mass is 493 g/mol. The van der Waals surface area contributed by atoms with E-state index in [0.29, 0.717) is 40.7 Å². The SMILES string of the molecule is C[N+](C)(CCCOc1ccc(C(N)=O)cc1)Cc1nnc(C(O)(c2ccccc2)C2CCCCC2)o1. The van der Waals surface area contributed by atoms with Crippen molar-refractivity contribution in [2.75, 3.05) is 27.2 Å². The third-order valence-electron chi connectivity index (χ3n) is 7.08. The molecule has 4 rings (SSSR count). The number of aromatic nitrogens is 2. The molecule has 3 N–H and O–H groups in total. The second kappa shape index (κ2) is 11.2. The number of carbonyl (C=O) groups is 1. The van der Waals surface area contributed by atoms with E-state index in [1.165, 1.54) is 6.42 Å². The van der Waals surface area contributed by atoms with Gasteiger partial charge in [-0.1, -0.05) is 49.6 Å². The van der Waals surface area contributed by atoms with Gasteiger partial charge in [0.2, 0.25) is 5.91 Å². The number of rotatable bonds is 11. The maximum absolute atomic E-state index is 12.0. The molecule has 1 fully saturated rings. The highest BCUT2D eigenvalue weighted by molar-refractivity contribution is 5.92. The Morgan fingerprint density at radius 1 is 1.08 bits per heavy atom. The van der Waals surface area contributed by atoms with E-state index in [1.54, 1.807) is 24.3 Å². The van der Waals surface area contributed by atoms with Crippen LogP contribution in [-0.4, -0.2) is 52.9 Å². The van der Waals surface area contributed by atoms with Crippen LogP contribution < -0.4 is 10.5 Å². The highest BCUT2D eigenvalue weighted by Crippen LogP contribution is 2.43. The fourth-order valence-corrected chi connectivity index (χ4v) is 5.06.